The molecule has 2 aliphatic rings. The molecule has 2 amide bonds. The van der Waals surface area contributed by atoms with E-state index in [1.54, 1.807) is 0 Å². The van der Waals surface area contributed by atoms with Gasteiger partial charge in [-0.25, -0.2) is 4.79 Å². The number of nitrogens with one attached hydrogen (secondary N) is 1. The molecule has 8 heteroatoms. The Morgan fingerprint density at radius 2 is 1.51 bits per heavy atom. The predicted molar refractivity (Wildman–Crippen MR) is 140 cm³/mol. The van der Waals surface area contributed by atoms with E-state index >= 15 is 0 Å². The summed E-state index contributed by atoms with van der Waals surface area (Å²) in [6, 6.07) is 27.5. The van der Waals surface area contributed by atoms with Crippen LogP contribution >= 0.6 is 11.8 Å². The quantitative estimate of drug-likeness (QED) is 0.364. The highest BCUT2D eigenvalue weighted by atomic mass is 32.2. The van der Waals surface area contributed by atoms with E-state index in [0.29, 0.717) is 11.5 Å². The number of carbonyl (C=O) groups is 3. The third-order valence-electron chi connectivity index (χ3n) is 6.33. The van der Waals surface area contributed by atoms with Crippen molar-refractivity contribution >= 4 is 29.5 Å². The SMILES string of the molecule is COC1=C(C(=O)OC(c2ccccc2)c2ccccc2)N2C(=O)[C@@H](NC(=O)Cc3ccccc3)[C@@H]2SC1. The molecule has 0 unspecified atom stereocenters. The monoisotopic (exact) mass is 514 g/mol. The summed E-state index contributed by atoms with van der Waals surface area (Å²) in [5, 5.41) is 2.42. The van der Waals surface area contributed by atoms with Gasteiger partial charge in [0.25, 0.3) is 5.91 Å². The third-order valence-corrected chi connectivity index (χ3v) is 7.58. The van der Waals surface area contributed by atoms with Crippen LogP contribution in [-0.4, -0.2) is 47.0 Å². The number of hydrogen-bond acceptors (Lipinski definition) is 6. The Morgan fingerprint density at radius 1 is 0.946 bits per heavy atom. The lowest BCUT2D eigenvalue weighted by Gasteiger charge is -2.49. The molecule has 1 saturated heterocycles. The molecular weight excluding hydrogens is 488 g/mol. The first-order valence-electron chi connectivity index (χ1n) is 11.9. The van der Waals surface area contributed by atoms with Crippen LogP contribution in [0.4, 0.5) is 0 Å². The molecule has 1 fully saturated rings. The van der Waals surface area contributed by atoms with Crippen molar-refractivity contribution in [2.45, 2.75) is 23.9 Å². The van der Waals surface area contributed by atoms with Crippen molar-refractivity contribution in [2.24, 2.45) is 0 Å². The number of benzene rings is 3. The zero-order valence-electron chi connectivity index (χ0n) is 20.2. The van der Waals surface area contributed by atoms with Crippen LogP contribution in [0.5, 0.6) is 0 Å². The van der Waals surface area contributed by atoms with Crippen molar-refractivity contribution in [3.8, 4) is 0 Å². The standard InChI is InChI=1S/C29H26N2O5S/c1-35-22-18-37-28-24(30-23(32)17-19-11-5-2-6-12-19)27(33)31(28)25(22)29(34)36-26(20-13-7-3-8-14-20)21-15-9-4-10-16-21/h2-16,24,26,28H,17-18H2,1H3,(H,30,32)/t24-,28+/m1/s1. The second-order valence-corrected chi connectivity index (χ2v) is 9.80. The molecule has 2 heterocycles. The van der Waals surface area contributed by atoms with Crippen molar-refractivity contribution in [1.29, 1.82) is 0 Å². The lowest BCUT2D eigenvalue weighted by atomic mass is 10.0. The summed E-state index contributed by atoms with van der Waals surface area (Å²) in [6.07, 6.45) is -0.488. The van der Waals surface area contributed by atoms with E-state index < -0.39 is 23.5 Å². The fourth-order valence-corrected chi connectivity index (χ4v) is 5.80. The van der Waals surface area contributed by atoms with Crippen LogP contribution in [0.15, 0.2) is 102 Å². The number of thioether (sulfide) groups is 1. The molecule has 0 radical (unpaired) electrons. The molecule has 0 spiro atoms. The Balaban J connectivity index is 1.35. The summed E-state index contributed by atoms with van der Waals surface area (Å²) >= 11 is 1.44. The maximum absolute atomic E-state index is 13.6. The van der Waals surface area contributed by atoms with Crippen molar-refractivity contribution in [2.75, 3.05) is 12.9 Å². The van der Waals surface area contributed by atoms with Crippen LogP contribution in [0.3, 0.4) is 0 Å². The van der Waals surface area contributed by atoms with Gasteiger partial charge >= 0.3 is 5.97 Å². The summed E-state index contributed by atoms with van der Waals surface area (Å²) in [5.41, 5.74) is 2.56. The largest absolute Gasteiger partial charge is 0.498 e. The molecule has 7 nitrogen and oxygen atoms in total. The van der Waals surface area contributed by atoms with Gasteiger partial charge in [0, 0.05) is 0 Å². The van der Waals surface area contributed by atoms with Gasteiger partial charge in [0.1, 0.15) is 17.2 Å². The Bertz CT molecular complexity index is 1270. The molecule has 0 aliphatic carbocycles. The second-order valence-electron chi connectivity index (χ2n) is 8.70. The van der Waals surface area contributed by atoms with Gasteiger partial charge in [0.2, 0.25) is 5.91 Å². The third kappa shape index (κ3) is 5.11. The van der Waals surface area contributed by atoms with E-state index in [0.717, 1.165) is 16.7 Å². The summed E-state index contributed by atoms with van der Waals surface area (Å²) in [7, 11) is 1.47. The van der Waals surface area contributed by atoms with Crippen LogP contribution in [0.1, 0.15) is 22.8 Å². The van der Waals surface area contributed by atoms with Crippen molar-refractivity contribution in [3.63, 3.8) is 0 Å². The van der Waals surface area contributed by atoms with Gasteiger partial charge in [-0.2, -0.15) is 0 Å². The minimum atomic E-state index is -0.721. The Hall–Kier alpha value is -4.04. The number of esters is 1. The molecule has 1 N–H and O–H groups in total. The van der Waals surface area contributed by atoms with Gasteiger partial charge in [0.15, 0.2) is 11.8 Å². The fraction of sp³-hybridized carbons (Fsp3) is 0.207. The molecule has 3 aromatic rings. The minimum Gasteiger partial charge on any atom is -0.498 e. The van der Waals surface area contributed by atoms with Crippen molar-refractivity contribution < 1.29 is 23.9 Å². The first-order valence-corrected chi connectivity index (χ1v) is 13.0. The van der Waals surface area contributed by atoms with E-state index in [-0.39, 0.29) is 23.9 Å². The lowest BCUT2D eigenvalue weighted by molar-refractivity contribution is -0.155. The topological polar surface area (TPSA) is 84.9 Å². The Morgan fingerprint density at radius 3 is 2.08 bits per heavy atom. The van der Waals surface area contributed by atoms with Crippen molar-refractivity contribution in [3.05, 3.63) is 119 Å². The number of nitrogens with zero attached hydrogens (tertiary/aromatic N) is 1. The highest BCUT2D eigenvalue weighted by Gasteiger charge is 2.55. The number of methoxy groups -OCH3 is 1. The Labute approximate surface area is 219 Å². The first-order chi connectivity index (χ1) is 18.1. The molecule has 3 aromatic carbocycles. The van der Waals surface area contributed by atoms with Gasteiger partial charge in [-0.05, 0) is 16.7 Å². The summed E-state index contributed by atoms with van der Waals surface area (Å²) in [6.45, 7) is 0. The summed E-state index contributed by atoms with van der Waals surface area (Å²) in [5.74, 6) is -0.516. The van der Waals surface area contributed by atoms with Crippen molar-refractivity contribution in [1.82, 2.24) is 10.2 Å². The Kier molecular flexibility index (Phi) is 7.28. The van der Waals surface area contributed by atoms with Gasteiger partial charge in [-0.15, -0.1) is 11.8 Å². The van der Waals surface area contributed by atoms with E-state index in [4.69, 9.17) is 9.47 Å². The average Bonchev–Trinajstić information content (AvgIpc) is 2.95. The molecular formula is C29H26N2O5S. The zero-order chi connectivity index (χ0) is 25.8. The number of hydrogen-bond donors (Lipinski definition) is 1. The zero-order valence-corrected chi connectivity index (χ0v) is 21.0. The number of carbonyl (C=O) groups excluding carboxylic acids is 3. The van der Waals surface area contributed by atoms with Gasteiger partial charge in [-0.3, -0.25) is 14.5 Å². The summed E-state index contributed by atoms with van der Waals surface area (Å²) < 4.78 is 11.5. The van der Waals surface area contributed by atoms with E-state index in [1.807, 2.05) is 91.0 Å². The van der Waals surface area contributed by atoms with Gasteiger partial charge in [-0.1, -0.05) is 91.0 Å². The number of ether oxygens (including phenoxy) is 2. The molecule has 0 saturated carbocycles. The summed E-state index contributed by atoms with van der Waals surface area (Å²) in [4.78, 5) is 40.8. The maximum atomic E-state index is 13.6. The number of β-lactam (4-membered cyclic amide) rings is 1. The van der Waals surface area contributed by atoms with E-state index in [1.165, 1.54) is 23.8 Å². The van der Waals surface area contributed by atoms with Crippen LogP contribution < -0.4 is 5.32 Å². The molecule has 0 aromatic heterocycles. The fourth-order valence-electron chi connectivity index (χ4n) is 4.49. The van der Waals surface area contributed by atoms with Crippen LogP contribution in [-0.2, 0) is 30.3 Å². The van der Waals surface area contributed by atoms with Crippen LogP contribution in [0.2, 0.25) is 0 Å². The van der Waals surface area contributed by atoms with E-state index in [2.05, 4.69) is 5.32 Å². The second kappa shape index (κ2) is 10.9. The molecule has 188 valence electrons. The highest BCUT2D eigenvalue weighted by Crippen LogP contribution is 2.41. The average molecular weight is 515 g/mol. The number of amides is 2. The molecule has 2 atom stereocenters. The smallest absolute Gasteiger partial charge is 0.359 e. The van der Waals surface area contributed by atoms with Crippen LogP contribution in [0.25, 0.3) is 0 Å². The molecule has 2 aliphatic heterocycles. The molecule has 37 heavy (non-hydrogen) atoms. The maximum Gasteiger partial charge on any atom is 0.359 e. The van der Waals surface area contributed by atoms with Gasteiger partial charge < -0.3 is 14.8 Å². The molecule has 0 bridgehead atoms. The van der Waals surface area contributed by atoms with Crippen LogP contribution in [0, 0.1) is 0 Å². The van der Waals surface area contributed by atoms with E-state index in [9.17, 15) is 14.4 Å². The number of rotatable bonds is 8. The highest BCUT2D eigenvalue weighted by molar-refractivity contribution is 8.00. The lowest BCUT2D eigenvalue weighted by Crippen LogP contribution is -2.70. The minimum absolute atomic E-state index is 0.0849. The molecule has 5 rings (SSSR count). The van der Waals surface area contributed by atoms with Gasteiger partial charge in [0.05, 0.1) is 19.3 Å². The normalized spacial score (nSPS) is 18.6. The number of fused-ring (bicyclic) bond motifs is 1. The first kappa shape index (κ1) is 24.6. The predicted octanol–water partition coefficient (Wildman–Crippen LogP) is 3.82.